The number of Topliss-reactive ketones (excluding diaryl/α,β-unsaturated/α-hetero) is 1. The van der Waals surface area contributed by atoms with E-state index in [4.69, 9.17) is 24.4 Å². The molecule has 2 unspecified atom stereocenters. The Balaban J connectivity index is 1.24. The molecule has 12 nitrogen and oxygen atoms in total. The Morgan fingerprint density at radius 2 is 1.27 bits per heavy atom. The molecule has 2 heterocycles. The third-order valence-corrected chi connectivity index (χ3v) is 15.9. The first-order chi connectivity index (χ1) is 31.2. The summed E-state index contributed by atoms with van der Waals surface area (Å²) < 4.78 is 2.36. The lowest BCUT2D eigenvalue weighted by Gasteiger charge is -2.34. The van der Waals surface area contributed by atoms with E-state index in [1.54, 1.807) is 0 Å². The van der Waals surface area contributed by atoms with Gasteiger partial charge in [0, 0.05) is 83.6 Å². The molecular formula is C52H75N8O4S2+. The summed E-state index contributed by atoms with van der Waals surface area (Å²) >= 11 is 11.1. The molecule has 14 heteroatoms. The smallest absolute Gasteiger partial charge is 0.226 e. The van der Waals surface area contributed by atoms with Gasteiger partial charge in [-0.2, -0.15) is 0 Å². The van der Waals surface area contributed by atoms with Gasteiger partial charge in [-0.1, -0.05) is 52.4 Å². The average Bonchev–Trinajstić information content (AvgIpc) is 3.57. The van der Waals surface area contributed by atoms with Crippen LogP contribution in [0.5, 0.6) is 0 Å². The van der Waals surface area contributed by atoms with Gasteiger partial charge in [0.05, 0.1) is 27.9 Å². The predicted molar refractivity (Wildman–Crippen MR) is 277 cm³/mol. The van der Waals surface area contributed by atoms with Crippen LogP contribution < -0.4 is 52.0 Å². The molecule has 2 fully saturated rings. The number of hydrogen-bond donors (Lipinski definition) is 7. The average molecular weight is 940 g/mol. The van der Waals surface area contributed by atoms with E-state index in [1.807, 2.05) is 24.3 Å². The first-order valence-corrected chi connectivity index (χ1v) is 25.5. The minimum atomic E-state index is -0.353. The molecule has 0 saturated heterocycles. The fourth-order valence-corrected chi connectivity index (χ4v) is 11.7. The van der Waals surface area contributed by atoms with Crippen molar-refractivity contribution in [1.29, 1.82) is 0 Å². The summed E-state index contributed by atoms with van der Waals surface area (Å²) in [6.45, 7) is 22.5. The monoisotopic (exact) mass is 940 g/mol. The number of thiocarbonyl (C=S) groups is 2. The third kappa shape index (κ3) is 9.87. The number of anilines is 3. The number of fused-ring (bicyclic) bond motifs is 2. The van der Waals surface area contributed by atoms with Crippen molar-refractivity contribution < 1.29 is 19.5 Å². The van der Waals surface area contributed by atoms with Crippen molar-refractivity contribution >= 4 is 80.5 Å². The maximum absolute atomic E-state index is 14.9. The number of nitrogens with one attached hydrogen (secondary N) is 6. The Hall–Kier alpha value is -4.56. The Morgan fingerprint density at radius 1 is 0.742 bits per heavy atom. The highest BCUT2D eigenvalue weighted by atomic mass is 32.1. The summed E-state index contributed by atoms with van der Waals surface area (Å²) in [5.74, 6) is -0.997. The SMILES string of the molecule is CC(C)N1c2cc(NC(=O)CCNC(=S)NC3CCCCC3)c(C3=C(O)/C(=c4/cc5c(cc4NC(=O)CCNC(=S)NC4CCCCC4)=[N+](C(C)C)C(C)C5(C)C)C3=O)cc2C(C)(C)C1C. The van der Waals surface area contributed by atoms with Gasteiger partial charge in [0.1, 0.15) is 11.8 Å². The fraction of sp³-hybridized carbons (Fsp3) is 0.615. The molecule has 0 bridgehead atoms. The van der Waals surface area contributed by atoms with E-state index in [2.05, 4.69) is 111 Å². The van der Waals surface area contributed by atoms with E-state index in [-0.39, 0.29) is 82.3 Å². The molecule has 2 amide bonds. The molecule has 2 aromatic carbocycles. The molecule has 0 radical (unpaired) electrons. The lowest BCUT2D eigenvalue weighted by molar-refractivity contribution is -0.116. The van der Waals surface area contributed by atoms with E-state index < -0.39 is 0 Å². The molecular weight excluding hydrogens is 865 g/mol. The molecule has 7 rings (SSSR count). The zero-order valence-electron chi connectivity index (χ0n) is 41.1. The standard InChI is InChI=1S/C52H74N8O4S2/c1-29(2)59-31(5)51(7,8)37-25-35(39(27-41(37)59)57-43(61)21-23-53-49(65)55-33-17-13-11-14-18-33)45-47(63)46(48(45)64)36-26-38-42(60(30(3)4)32(6)52(38,9)10)28-40(36)58-44(62)22-24-54-50(66)56-34-19-15-12-16-20-34/h25-34H,11-24H2,1-10H3,(H6,53,54,55,56,57,58,61,62,63,64,65,66)/p+1. The van der Waals surface area contributed by atoms with Crippen LogP contribution in [0.4, 0.5) is 17.1 Å². The first-order valence-electron chi connectivity index (χ1n) is 24.7. The number of carbonyl (C=O) groups excluding carboxylic acids is 3. The number of aliphatic hydroxyl groups excluding tert-OH is 1. The maximum Gasteiger partial charge on any atom is 0.226 e. The highest BCUT2D eigenvalue weighted by Gasteiger charge is 2.48. The van der Waals surface area contributed by atoms with Gasteiger partial charge >= 0.3 is 0 Å². The molecule has 2 atom stereocenters. The van der Waals surface area contributed by atoms with Crippen LogP contribution in [-0.2, 0) is 25.2 Å². The number of amides is 2. The van der Waals surface area contributed by atoms with Crippen molar-refractivity contribution in [1.82, 2.24) is 25.8 Å². The zero-order valence-corrected chi connectivity index (χ0v) is 42.7. The van der Waals surface area contributed by atoms with Gasteiger partial charge in [0.25, 0.3) is 0 Å². The highest BCUT2D eigenvalue weighted by Crippen LogP contribution is 2.51. The van der Waals surface area contributed by atoms with Crippen LogP contribution in [-0.4, -0.2) is 82.3 Å². The van der Waals surface area contributed by atoms with Crippen LogP contribution in [0.25, 0.3) is 11.1 Å². The molecule has 5 aliphatic rings. The summed E-state index contributed by atoms with van der Waals surface area (Å²) in [5, 5.41) is 34.4. The second-order valence-corrected chi connectivity index (χ2v) is 21.9. The van der Waals surface area contributed by atoms with Crippen molar-refractivity contribution in [2.24, 2.45) is 0 Å². The lowest BCUT2D eigenvalue weighted by atomic mass is 9.76. The predicted octanol–water partition coefficient (Wildman–Crippen LogP) is 7.11. The molecule has 7 N–H and O–H groups in total. The Bertz CT molecular complexity index is 2430. The van der Waals surface area contributed by atoms with E-state index in [1.165, 1.54) is 38.5 Å². The number of nitrogens with zero attached hydrogens (tertiary/aromatic N) is 2. The van der Waals surface area contributed by atoms with E-state index >= 15 is 0 Å². The van der Waals surface area contributed by atoms with Crippen LogP contribution in [0.2, 0.25) is 0 Å². The minimum Gasteiger partial charge on any atom is -0.506 e. The van der Waals surface area contributed by atoms with E-state index in [0.717, 1.165) is 47.9 Å². The van der Waals surface area contributed by atoms with Crippen LogP contribution in [0.1, 0.15) is 163 Å². The van der Waals surface area contributed by atoms with E-state index in [0.29, 0.717) is 57.6 Å². The highest BCUT2D eigenvalue weighted by molar-refractivity contribution is 7.80. The first kappa shape index (κ1) is 49.3. The van der Waals surface area contributed by atoms with Gasteiger partial charge in [-0.15, -0.1) is 0 Å². The second kappa shape index (κ2) is 20.0. The topological polar surface area (TPSA) is 150 Å². The lowest BCUT2D eigenvalue weighted by Crippen LogP contribution is -2.43. The minimum absolute atomic E-state index is 0.127. The second-order valence-electron chi connectivity index (χ2n) is 21.1. The van der Waals surface area contributed by atoms with Gasteiger partial charge in [-0.05, 0) is 129 Å². The zero-order chi connectivity index (χ0) is 47.8. The maximum atomic E-state index is 14.9. The summed E-state index contributed by atoms with van der Waals surface area (Å²) in [5.41, 5.74) is 4.13. The summed E-state index contributed by atoms with van der Waals surface area (Å²) in [7, 11) is 0. The van der Waals surface area contributed by atoms with Crippen molar-refractivity contribution in [2.75, 3.05) is 28.6 Å². The normalized spacial score (nSPS) is 22.2. The number of aliphatic hydroxyl groups is 1. The van der Waals surface area contributed by atoms with Gasteiger partial charge < -0.3 is 41.9 Å². The number of ketones is 1. The van der Waals surface area contributed by atoms with Crippen LogP contribution in [0, 0.1) is 0 Å². The third-order valence-electron chi connectivity index (χ3n) is 15.4. The fourth-order valence-electron chi connectivity index (χ4n) is 11.1. The van der Waals surface area contributed by atoms with E-state index in [9.17, 15) is 19.5 Å². The number of rotatable bonds is 13. The van der Waals surface area contributed by atoms with Crippen LogP contribution >= 0.6 is 24.4 Å². The summed E-state index contributed by atoms with van der Waals surface area (Å²) in [4.78, 5) is 44.8. The quantitative estimate of drug-likeness (QED) is 0.0814. The Morgan fingerprint density at radius 3 is 1.77 bits per heavy atom. The molecule has 358 valence electrons. The number of carbonyl (C=O) groups is 3. The molecule has 66 heavy (non-hydrogen) atoms. The van der Waals surface area contributed by atoms with Crippen LogP contribution in [0.3, 0.4) is 0 Å². The van der Waals surface area contributed by atoms with Crippen molar-refractivity contribution in [3.05, 3.63) is 57.3 Å². The van der Waals surface area contributed by atoms with Crippen molar-refractivity contribution in [3.63, 3.8) is 0 Å². The van der Waals surface area contributed by atoms with Gasteiger partial charge in [-0.3, -0.25) is 14.4 Å². The number of hydrogen-bond acceptors (Lipinski definition) is 7. The van der Waals surface area contributed by atoms with Crippen LogP contribution in [0.15, 0.2) is 30.0 Å². The van der Waals surface area contributed by atoms with Crippen molar-refractivity contribution in [2.45, 2.75) is 193 Å². The molecule has 2 saturated carbocycles. The van der Waals surface area contributed by atoms with Gasteiger partial charge in [-0.25, -0.2) is 4.58 Å². The summed E-state index contributed by atoms with van der Waals surface area (Å²) in [6.07, 6.45) is 11.9. The molecule has 2 aromatic rings. The van der Waals surface area contributed by atoms with Crippen molar-refractivity contribution in [3.8, 4) is 0 Å². The number of benzene rings is 2. The van der Waals surface area contributed by atoms with Gasteiger partial charge in [0.2, 0.25) is 23.0 Å². The van der Waals surface area contributed by atoms with Gasteiger partial charge in [0.15, 0.2) is 16.3 Å². The Labute approximate surface area is 403 Å². The number of allylic oxidation sites excluding steroid dienone is 2. The molecule has 0 spiro atoms. The summed E-state index contributed by atoms with van der Waals surface area (Å²) in [6, 6.07) is 9.23. The molecule has 3 aliphatic carbocycles. The Kier molecular flexibility index (Phi) is 14.9. The molecule has 0 aromatic heterocycles. The molecule has 2 aliphatic heterocycles. The largest absolute Gasteiger partial charge is 0.506 e.